The van der Waals surface area contributed by atoms with Gasteiger partial charge in [-0.15, -0.1) is 0 Å². The van der Waals surface area contributed by atoms with Gasteiger partial charge in [0.25, 0.3) is 5.91 Å². The molecule has 1 saturated carbocycles. The Labute approximate surface area is 209 Å². The number of hydrogen-bond acceptors (Lipinski definition) is 2. The highest BCUT2D eigenvalue weighted by atomic mass is 35.5. The molecule has 2 amide bonds. The second-order valence-corrected chi connectivity index (χ2v) is 9.84. The standard InChI is InChI=1S/C29H26ClN3O2/c30-19-15-16-22-24(17-19)33(29(35)18-9-3-1-4-10-18)27(28(34)31-20-11-5-2-6-12-20)26-25(22)21-13-7-8-14-23(21)32-26/h1,3-4,7-10,13-17,20,27,32H,2,5-6,11-12H2,(H,31,34). The van der Waals surface area contributed by atoms with Gasteiger partial charge < -0.3 is 10.3 Å². The van der Waals surface area contributed by atoms with E-state index in [1.165, 1.54) is 6.42 Å². The summed E-state index contributed by atoms with van der Waals surface area (Å²) >= 11 is 6.45. The molecule has 2 N–H and O–H groups in total. The van der Waals surface area contributed by atoms with Gasteiger partial charge in [0.15, 0.2) is 6.04 Å². The second-order valence-electron chi connectivity index (χ2n) is 9.41. The van der Waals surface area contributed by atoms with E-state index in [0.717, 1.165) is 53.4 Å². The lowest BCUT2D eigenvalue weighted by Gasteiger charge is -2.37. The molecule has 4 aromatic rings. The summed E-state index contributed by atoms with van der Waals surface area (Å²) in [6.45, 7) is 0. The monoisotopic (exact) mass is 483 g/mol. The summed E-state index contributed by atoms with van der Waals surface area (Å²) < 4.78 is 0. The van der Waals surface area contributed by atoms with E-state index in [1.54, 1.807) is 23.1 Å². The SMILES string of the molecule is O=C(NC1CCCCC1)C1c2[nH]c3ccccc3c2-c2ccc(Cl)cc2N1C(=O)c1ccccc1. The Hall–Kier alpha value is -3.57. The number of aromatic amines is 1. The van der Waals surface area contributed by atoms with E-state index in [1.807, 2.05) is 54.6 Å². The first-order chi connectivity index (χ1) is 17.1. The highest BCUT2D eigenvalue weighted by molar-refractivity contribution is 6.31. The van der Waals surface area contributed by atoms with Crippen molar-refractivity contribution in [3.05, 3.63) is 89.1 Å². The lowest BCUT2D eigenvalue weighted by atomic mass is 9.89. The zero-order valence-corrected chi connectivity index (χ0v) is 20.0. The number of rotatable bonds is 3. The maximum absolute atomic E-state index is 14.0. The zero-order valence-electron chi connectivity index (χ0n) is 19.3. The Kier molecular flexibility index (Phi) is 5.57. The number of amides is 2. The first kappa shape index (κ1) is 21.9. The molecule has 35 heavy (non-hydrogen) atoms. The Bertz CT molecular complexity index is 1420. The minimum absolute atomic E-state index is 0.124. The number of halogens is 1. The largest absolute Gasteiger partial charge is 0.356 e. The highest BCUT2D eigenvalue weighted by Gasteiger charge is 2.42. The summed E-state index contributed by atoms with van der Waals surface area (Å²) in [5, 5.41) is 4.81. The van der Waals surface area contributed by atoms with Gasteiger partial charge in [-0.1, -0.05) is 73.3 Å². The van der Waals surface area contributed by atoms with E-state index in [4.69, 9.17) is 11.6 Å². The van der Waals surface area contributed by atoms with Crippen LogP contribution in [0.2, 0.25) is 5.02 Å². The van der Waals surface area contributed by atoms with Crippen LogP contribution in [0.3, 0.4) is 0 Å². The van der Waals surface area contributed by atoms with E-state index < -0.39 is 6.04 Å². The summed E-state index contributed by atoms with van der Waals surface area (Å²) in [6.07, 6.45) is 5.35. The maximum atomic E-state index is 14.0. The Morgan fingerprint density at radius 1 is 0.914 bits per heavy atom. The van der Waals surface area contributed by atoms with Gasteiger partial charge in [0.05, 0.1) is 11.4 Å². The van der Waals surface area contributed by atoms with Crippen LogP contribution in [0, 0.1) is 0 Å². The van der Waals surface area contributed by atoms with Crippen molar-refractivity contribution in [3.8, 4) is 11.1 Å². The fourth-order valence-corrected chi connectivity index (χ4v) is 5.73. The average molecular weight is 484 g/mol. The van der Waals surface area contributed by atoms with Crippen LogP contribution in [0.25, 0.3) is 22.0 Å². The molecule has 0 spiro atoms. The molecule has 176 valence electrons. The number of fused-ring (bicyclic) bond motifs is 5. The fourth-order valence-electron chi connectivity index (χ4n) is 5.56. The summed E-state index contributed by atoms with van der Waals surface area (Å²) in [5.74, 6) is -0.401. The highest BCUT2D eigenvalue weighted by Crippen LogP contribution is 2.49. The Morgan fingerprint density at radius 2 is 1.66 bits per heavy atom. The van der Waals surface area contributed by atoms with Crippen LogP contribution < -0.4 is 10.2 Å². The van der Waals surface area contributed by atoms with Crippen LogP contribution in [-0.2, 0) is 4.79 Å². The topological polar surface area (TPSA) is 65.2 Å². The molecule has 0 radical (unpaired) electrons. The van der Waals surface area contributed by atoms with Gasteiger partial charge in [-0.25, -0.2) is 0 Å². The fraction of sp³-hybridized carbons (Fsp3) is 0.241. The molecule has 1 aliphatic carbocycles. The predicted octanol–water partition coefficient (Wildman–Crippen LogP) is 6.64. The number of carbonyl (C=O) groups excluding carboxylic acids is 2. The molecule has 0 bridgehead atoms. The van der Waals surface area contributed by atoms with Gasteiger partial charge in [0.1, 0.15) is 0 Å². The van der Waals surface area contributed by atoms with Gasteiger partial charge in [-0.05, 0) is 43.2 Å². The molecular formula is C29H26ClN3O2. The van der Waals surface area contributed by atoms with Crippen LogP contribution in [-0.4, -0.2) is 22.8 Å². The number of hydrogen-bond donors (Lipinski definition) is 2. The smallest absolute Gasteiger partial charge is 0.259 e. The maximum Gasteiger partial charge on any atom is 0.259 e. The number of H-pyrrole nitrogens is 1. The Morgan fingerprint density at radius 3 is 2.46 bits per heavy atom. The summed E-state index contributed by atoms with van der Waals surface area (Å²) in [4.78, 5) is 33.1. The van der Waals surface area contributed by atoms with E-state index in [0.29, 0.717) is 16.3 Å². The third-order valence-electron chi connectivity index (χ3n) is 7.19. The van der Waals surface area contributed by atoms with Crippen molar-refractivity contribution in [2.24, 2.45) is 0 Å². The first-order valence-electron chi connectivity index (χ1n) is 12.2. The minimum atomic E-state index is -0.835. The quantitative estimate of drug-likeness (QED) is 0.343. The van der Waals surface area contributed by atoms with Crippen molar-refractivity contribution >= 4 is 40.0 Å². The number of para-hydroxylation sites is 1. The van der Waals surface area contributed by atoms with Crippen LogP contribution in [0.4, 0.5) is 5.69 Å². The molecule has 6 rings (SSSR count). The number of nitrogens with one attached hydrogen (secondary N) is 2. The molecule has 1 fully saturated rings. The van der Waals surface area contributed by atoms with Gasteiger partial charge >= 0.3 is 0 Å². The zero-order chi connectivity index (χ0) is 23.9. The predicted molar refractivity (Wildman–Crippen MR) is 140 cm³/mol. The van der Waals surface area contributed by atoms with E-state index in [9.17, 15) is 9.59 Å². The molecular weight excluding hydrogens is 458 g/mol. The van der Waals surface area contributed by atoms with Gasteiger partial charge in [0.2, 0.25) is 5.91 Å². The van der Waals surface area contributed by atoms with Crippen molar-refractivity contribution in [2.45, 2.75) is 44.2 Å². The van der Waals surface area contributed by atoms with Gasteiger partial charge in [-0.2, -0.15) is 0 Å². The van der Waals surface area contributed by atoms with Crippen molar-refractivity contribution in [1.82, 2.24) is 10.3 Å². The molecule has 3 aromatic carbocycles. The van der Waals surface area contributed by atoms with Crippen molar-refractivity contribution in [1.29, 1.82) is 0 Å². The molecule has 2 heterocycles. The summed E-state index contributed by atoms with van der Waals surface area (Å²) in [7, 11) is 0. The molecule has 1 aliphatic heterocycles. The van der Waals surface area contributed by atoms with E-state index in [2.05, 4.69) is 10.3 Å². The van der Waals surface area contributed by atoms with Crippen LogP contribution in [0.15, 0.2) is 72.8 Å². The summed E-state index contributed by atoms with van der Waals surface area (Å²) in [6, 6.07) is 22.0. The van der Waals surface area contributed by atoms with Crippen LogP contribution in [0.5, 0.6) is 0 Å². The van der Waals surface area contributed by atoms with E-state index in [-0.39, 0.29) is 17.9 Å². The lowest BCUT2D eigenvalue weighted by Crippen LogP contribution is -2.48. The average Bonchev–Trinajstić information content (AvgIpc) is 3.28. The minimum Gasteiger partial charge on any atom is -0.356 e. The molecule has 5 nitrogen and oxygen atoms in total. The summed E-state index contributed by atoms with van der Waals surface area (Å²) in [5.41, 5.74) is 4.67. The lowest BCUT2D eigenvalue weighted by molar-refractivity contribution is -0.123. The normalized spacial score (nSPS) is 17.6. The van der Waals surface area contributed by atoms with Crippen molar-refractivity contribution < 1.29 is 9.59 Å². The van der Waals surface area contributed by atoms with Crippen molar-refractivity contribution in [2.75, 3.05) is 4.90 Å². The number of aromatic nitrogens is 1. The third-order valence-corrected chi connectivity index (χ3v) is 7.43. The molecule has 2 aliphatic rings. The van der Waals surface area contributed by atoms with E-state index >= 15 is 0 Å². The number of nitrogens with zero attached hydrogens (tertiary/aromatic N) is 1. The number of benzene rings is 3. The van der Waals surface area contributed by atoms with Crippen LogP contribution in [0.1, 0.15) is 54.2 Å². The Balaban J connectivity index is 1.56. The molecule has 1 atom stereocenters. The molecule has 1 unspecified atom stereocenters. The van der Waals surface area contributed by atoms with Crippen LogP contribution >= 0.6 is 11.6 Å². The molecule has 6 heteroatoms. The van der Waals surface area contributed by atoms with Gasteiger partial charge in [-0.3, -0.25) is 14.5 Å². The molecule has 1 aromatic heterocycles. The third kappa shape index (κ3) is 3.80. The number of anilines is 1. The van der Waals surface area contributed by atoms with Gasteiger partial charge in [0, 0.05) is 38.7 Å². The molecule has 0 saturated heterocycles. The van der Waals surface area contributed by atoms with Crippen molar-refractivity contribution in [3.63, 3.8) is 0 Å². The first-order valence-corrected chi connectivity index (χ1v) is 12.6. The number of carbonyl (C=O) groups is 2. The second kappa shape index (κ2) is 8.90.